The molecule has 20 heavy (non-hydrogen) atoms. The van der Waals surface area contributed by atoms with Crippen LogP contribution in [0.3, 0.4) is 0 Å². The smallest absolute Gasteiger partial charge is 0.128 e. The molecule has 2 heterocycles. The second kappa shape index (κ2) is 7.01. The Labute approximate surface area is 120 Å². The van der Waals surface area contributed by atoms with Gasteiger partial charge in [-0.2, -0.15) is 0 Å². The lowest BCUT2D eigenvalue weighted by molar-refractivity contribution is 0.596. The van der Waals surface area contributed by atoms with Crippen LogP contribution in [0.5, 0.6) is 0 Å². The lowest BCUT2D eigenvalue weighted by Crippen LogP contribution is -2.20. The molecule has 4 heteroatoms. The van der Waals surface area contributed by atoms with E-state index in [1.807, 2.05) is 30.7 Å². The second-order valence-corrected chi connectivity index (χ2v) is 4.94. The van der Waals surface area contributed by atoms with Gasteiger partial charge < -0.3 is 10.2 Å². The first-order chi connectivity index (χ1) is 9.70. The van der Waals surface area contributed by atoms with Gasteiger partial charge in [0.1, 0.15) is 5.82 Å². The van der Waals surface area contributed by atoms with E-state index in [4.69, 9.17) is 0 Å². The second-order valence-electron chi connectivity index (χ2n) is 4.94. The van der Waals surface area contributed by atoms with Crippen LogP contribution >= 0.6 is 0 Å². The summed E-state index contributed by atoms with van der Waals surface area (Å²) >= 11 is 0. The standard InChI is InChI=1S/C16H22N4/c1-4-18-13(2)15-5-6-16(19-11-15)20(3)12-14-7-9-17-10-8-14/h5-11,13,18H,4,12H2,1-3H3. The topological polar surface area (TPSA) is 41.0 Å². The molecule has 0 aliphatic rings. The van der Waals surface area contributed by atoms with Crippen molar-refractivity contribution in [2.45, 2.75) is 26.4 Å². The third-order valence-electron chi connectivity index (χ3n) is 3.34. The van der Waals surface area contributed by atoms with Gasteiger partial charge in [-0.3, -0.25) is 4.98 Å². The van der Waals surface area contributed by atoms with Crippen LogP contribution in [0.2, 0.25) is 0 Å². The number of hydrogen-bond acceptors (Lipinski definition) is 4. The summed E-state index contributed by atoms with van der Waals surface area (Å²) < 4.78 is 0. The minimum absolute atomic E-state index is 0.340. The summed E-state index contributed by atoms with van der Waals surface area (Å²) in [6.07, 6.45) is 5.58. The van der Waals surface area contributed by atoms with E-state index in [1.165, 1.54) is 11.1 Å². The molecule has 0 radical (unpaired) electrons. The van der Waals surface area contributed by atoms with Crippen LogP contribution in [0.15, 0.2) is 42.9 Å². The summed E-state index contributed by atoms with van der Waals surface area (Å²) in [7, 11) is 2.05. The normalized spacial score (nSPS) is 12.2. The van der Waals surface area contributed by atoms with Crippen molar-refractivity contribution in [3.05, 3.63) is 54.0 Å². The van der Waals surface area contributed by atoms with E-state index in [0.717, 1.165) is 18.9 Å². The Kier molecular flexibility index (Phi) is 5.07. The van der Waals surface area contributed by atoms with Crippen molar-refractivity contribution in [3.63, 3.8) is 0 Å². The van der Waals surface area contributed by atoms with Crippen molar-refractivity contribution in [1.82, 2.24) is 15.3 Å². The predicted octanol–water partition coefficient (Wildman–Crippen LogP) is 2.78. The minimum Gasteiger partial charge on any atom is -0.355 e. The Bertz CT molecular complexity index is 510. The first-order valence-corrected chi connectivity index (χ1v) is 7.00. The van der Waals surface area contributed by atoms with Crippen LogP contribution in [0.1, 0.15) is 31.0 Å². The molecule has 0 fully saturated rings. The highest BCUT2D eigenvalue weighted by Gasteiger charge is 2.07. The predicted molar refractivity (Wildman–Crippen MR) is 82.7 cm³/mol. The molecule has 0 aliphatic heterocycles. The largest absolute Gasteiger partial charge is 0.355 e. The van der Waals surface area contributed by atoms with Gasteiger partial charge in [0.2, 0.25) is 0 Å². The third-order valence-corrected chi connectivity index (χ3v) is 3.34. The molecular formula is C16H22N4. The third kappa shape index (κ3) is 3.78. The molecule has 0 amide bonds. The van der Waals surface area contributed by atoms with E-state index in [0.29, 0.717) is 6.04 Å². The summed E-state index contributed by atoms with van der Waals surface area (Å²) in [6, 6.07) is 8.60. The van der Waals surface area contributed by atoms with Gasteiger partial charge in [-0.25, -0.2) is 4.98 Å². The van der Waals surface area contributed by atoms with Gasteiger partial charge >= 0.3 is 0 Å². The number of pyridine rings is 2. The zero-order valence-electron chi connectivity index (χ0n) is 12.4. The first-order valence-electron chi connectivity index (χ1n) is 7.00. The maximum atomic E-state index is 4.55. The fraction of sp³-hybridized carbons (Fsp3) is 0.375. The summed E-state index contributed by atoms with van der Waals surface area (Å²) in [4.78, 5) is 10.7. The summed E-state index contributed by atoms with van der Waals surface area (Å²) in [5.74, 6) is 0.981. The van der Waals surface area contributed by atoms with Crippen molar-refractivity contribution >= 4 is 5.82 Å². The monoisotopic (exact) mass is 270 g/mol. The maximum Gasteiger partial charge on any atom is 0.128 e. The van der Waals surface area contributed by atoms with E-state index in [-0.39, 0.29) is 0 Å². The van der Waals surface area contributed by atoms with Gasteiger partial charge in [0.25, 0.3) is 0 Å². The van der Waals surface area contributed by atoms with Crippen LogP contribution in [0, 0.1) is 0 Å². The van der Waals surface area contributed by atoms with Gasteiger partial charge in [0.15, 0.2) is 0 Å². The number of nitrogens with zero attached hydrogens (tertiary/aromatic N) is 3. The van der Waals surface area contributed by atoms with Crippen molar-refractivity contribution < 1.29 is 0 Å². The van der Waals surface area contributed by atoms with Gasteiger partial charge in [-0.05, 0) is 42.8 Å². The number of hydrogen-bond donors (Lipinski definition) is 1. The van der Waals surface area contributed by atoms with Crippen molar-refractivity contribution in [3.8, 4) is 0 Å². The quantitative estimate of drug-likeness (QED) is 0.876. The van der Waals surface area contributed by atoms with Crippen LogP contribution in [-0.4, -0.2) is 23.6 Å². The van der Waals surface area contributed by atoms with E-state index in [2.05, 4.69) is 53.2 Å². The molecule has 2 aromatic heterocycles. The number of anilines is 1. The number of nitrogens with one attached hydrogen (secondary N) is 1. The molecule has 2 rings (SSSR count). The molecule has 0 saturated carbocycles. The van der Waals surface area contributed by atoms with Crippen LogP contribution < -0.4 is 10.2 Å². The van der Waals surface area contributed by atoms with E-state index in [1.54, 1.807) is 0 Å². The Morgan fingerprint density at radius 2 is 1.95 bits per heavy atom. The number of aromatic nitrogens is 2. The molecule has 0 spiro atoms. The lowest BCUT2D eigenvalue weighted by atomic mass is 10.1. The fourth-order valence-corrected chi connectivity index (χ4v) is 2.15. The molecule has 0 bridgehead atoms. The Morgan fingerprint density at radius 3 is 2.55 bits per heavy atom. The molecule has 1 unspecified atom stereocenters. The average molecular weight is 270 g/mol. The van der Waals surface area contributed by atoms with E-state index >= 15 is 0 Å². The maximum absolute atomic E-state index is 4.55. The van der Waals surface area contributed by atoms with Crippen molar-refractivity contribution in [2.75, 3.05) is 18.5 Å². The molecule has 0 aromatic carbocycles. The van der Waals surface area contributed by atoms with E-state index in [9.17, 15) is 0 Å². The highest BCUT2D eigenvalue weighted by molar-refractivity contribution is 5.39. The average Bonchev–Trinajstić information content (AvgIpc) is 2.48. The van der Waals surface area contributed by atoms with Gasteiger partial charge in [0.05, 0.1) is 0 Å². The Hall–Kier alpha value is -1.94. The van der Waals surface area contributed by atoms with Gasteiger partial charge in [-0.15, -0.1) is 0 Å². The fourth-order valence-electron chi connectivity index (χ4n) is 2.15. The molecular weight excluding hydrogens is 248 g/mol. The lowest BCUT2D eigenvalue weighted by Gasteiger charge is -2.19. The molecule has 1 atom stereocenters. The molecule has 1 N–H and O–H groups in total. The van der Waals surface area contributed by atoms with Crippen molar-refractivity contribution in [1.29, 1.82) is 0 Å². The SMILES string of the molecule is CCNC(C)c1ccc(N(C)Cc2ccncc2)nc1. The Morgan fingerprint density at radius 1 is 1.20 bits per heavy atom. The zero-order valence-corrected chi connectivity index (χ0v) is 12.4. The van der Waals surface area contributed by atoms with E-state index < -0.39 is 0 Å². The zero-order chi connectivity index (χ0) is 14.4. The summed E-state index contributed by atoms with van der Waals surface area (Å²) in [5.41, 5.74) is 2.45. The molecule has 0 saturated heterocycles. The van der Waals surface area contributed by atoms with Crippen LogP contribution in [0.25, 0.3) is 0 Å². The van der Waals surface area contributed by atoms with Crippen LogP contribution in [0.4, 0.5) is 5.82 Å². The molecule has 0 aliphatic carbocycles. The highest BCUT2D eigenvalue weighted by Crippen LogP contribution is 2.16. The van der Waals surface area contributed by atoms with Gasteiger partial charge in [-0.1, -0.05) is 13.0 Å². The first kappa shape index (κ1) is 14.5. The summed E-state index contributed by atoms with van der Waals surface area (Å²) in [5, 5.41) is 3.39. The van der Waals surface area contributed by atoms with Crippen molar-refractivity contribution in [2.24, 2.45) is 0 Å². The van der Waals surface area contributed by atoms with Gasteiger partial charge in [0, 0.05) is 38.2 Å². The highest BCUT2D eigenvalue weighted by atomic mass is 15.2. The van der Waals surface area contributed by atoms with Crippen LogP contribution in [-0.2, 0) is 6.54 Å². The summed E-state index contributed by atoms with van der Waals surface area (Å²) in [6.45, 7) is 6.06. The number of rotatable bonds is 6. The molecule has 2 aromatic rings. The molecule has 106 valence electrons. The Balaban J connectivity index is 2.02. The molecule has 4 nitrogen and oxygen atoms in total. The minimum atomic E-state index is 0.340.